The van der Waals surface area contributed by atoms with Gasteiger partial charge in [-0.1, -0.05) is 36.9 Å². The highest BCUT2D eigenvalue weighted by molar-refractivity contribution is 5.72. The van der Waals surface area contributed by atoms with Crippen LogP contribution in [0.3, 0.4) is 0 Å². The van der Waals surface area contributed by atoms with Gasteiger partial charge in [0.2, 0.25) is 0 Å². The first-order chi connectivity index (χ1) is 18.4. The molecule has 1 saturated carbocycles. The molecule has 1 atom stereocenters. The molecule has 0 aliphatic heterocycles. The summed E-state index contributed by atoms with van der Waals surface area (Å²) in [5, 5.41) is 3.98. The van der Waals surface area contributed by atoms with Crippen LogP contribution in [0.25, 0.3) is 22.6 Å². The summed E-state index contributed by atoms with van der Waals surface area (Å²) in [4.78, 5) is 54.6. The maximum atomic E-state index is 14.0. The first-order valence-electron chi connectivity index (χ1n) is 13.1. The fourth-order valence-corrected chi connectivity index (χ4v) is 5.05. The number of alkyl halides is 1. The number of H-pyrrole nitrogens is 1. The summed E-state index contributed by atoms with van der Waals surface area (Å²) in [6, 6.07) is 5.39. The normalized spacial score (nSPS) is 14.9. The van der Waals surface area contributed by atoms with Gasteiger partial charge in [0.15, 0.2) is 17.5 Å². The van der Waals surface area contributed by atoms with Gasteiger partial charge in [-0.05, 0) is 44.2 Å². The van der Waals surface area contributed by atoms with E-state index < -0.39 is 23.0 Å². The van der Waals surface area contributed by atoms with Gasteiger partial charge in [0, 0.05) is 25.7 Å². The van der Waals surface area contributed by atoms with Crippen LogP contribution in [0.2, 0.25) is 0 Å². The minimum absolute atomic E-state index is 0.0903. The van der Waals surface area contributed by atoms with Gasteiger partial charge in [0.05, 0.1) is 0 Å². The minimum Gasteiger partial charge on any atom is -0.332 e. The van der Waals surface area contributed by atoms with Crippen molar-refractivity contribution in [3.05, 3.63) is 67.2 Å². The number of aromatic nitrogens is 7. The second-order valence-corrected chi connectivity index (χ2v) is 9.78. The molecule has 1 aliphatic rings. The lowest BCUT2D eigenvalue weighted by molar-refractivity contribution is 0.356. The van der Waals surface area contributed by atoms with Crippen molar-refractivity contribution >= 4 is 11.0 Å². The Hall–Kier alpha value is -3.96. The maximum absolute atomic E-state index is 14.0. The second-order valence-electron chi connectivity index (χ2n) is 9.78. The SMILES string of the molecule is CC(F)c1nc2c(=O)n(CCCCc3noc(-c4ccccn4)n3)c(=O)n(CCC3CCCC3)c2c(=O)[nH]1. The smallest absolute Gasteiger partial charge is 0.331 e. The Labute approximate surface area is 216 Å². The molecule has 1 aliphatic carbocycles. The summed E-state index contributed by atoms with van der Waals surface area (Å²) in [7, 11) is 0. The standard InChI is InChI=1S/C26H30FN7O4/c1-16(27)22-30-20-21(23(35)31-22)33(15-12-17-8-2-3-9-17)26(37)34(25(20)36)14-7-5-11-19-29-24(38-32-19)18-10-4-6-13-28-18/h4,6,10,13,16-17H,2-3,5,7-9,11-12,14-15H2,1H3,(H,30,31,35). The summed E-state index contributed by atoms with van der Waals surface area (Å²) in [5.74, 6) is 1.07. The number of aryl methyl sites for hydroxylation is 2. The van der Waals surface area contributed by atoms with E-state index in [2.05, 4.69) is 25.1 Å². The van der Waals surface area contributed by atoms with E-state index in [1.165, 1.54) is 11.5 Å². The third-order valence-electron chi connectivity index (χ3n) is 7.09. The Bertz CT molecular complexity index is 1580. The molecule has 4 aromatic heterocycles. The molecule has 0 bridgehead atoms. The number of pyridine rings is 1. The van der Waals surface area contributed by atoms with E-state index in [0.29, 0.717) is 49.1 Å². The average Bonchev–Trinajstić information content (AvgIpc) is 3.61. The highest BCUT2D eigenvalue weighted by Crippen LogP contribution is 2.28. The zero-order valence-electron chi connectivity index (χ0n) is 21.2. The number of rotatable bonds is 10. The fraction of sp³-hybridized carbons (Fsp3) is 0.500. The first-order valence-corrected chi connectivity index (χ1v) is 13.1. The third-order valence-corrected chi connectivity index (χ3v) is 7.09. The summed E-state index contributed by atoms with van der Waals surface area (Å²) < 4.78 is 21.7. The lowest BCUT2D eigenvalue weighted by Gasteiger charge is -2.16. The predicted molar refractivity (Wildman–Crippen MR) is 137 cm³/mol. The molecule has 1 unspecified atom stereocenters. The van der Waals surface area contributed by atoms with Crippen molar-refractivity contribution in [2.24, 2.45) is 5.92 Å². The minimum atomic E-state index is -1.57. The molecule has 4 aromatic rings. The summed E-state index contributed by atoms with van der Waals surface area (Å²) in [6.45, 7) is 1.65. The molecule has 200 valence electrons. The molecule has 1 N–H and O–H groups in total. The van der Waals surface area contributed by atoms with Crippen molar-refractivity contribution in [1.82, 2.24) is 34.2 Å². The Morgan fingerprint density at radius 1 is 1.11 bits per heavy atom. The van der Waals surface area contributed by atoms with Crippen LogP contribution in [0.4, 0.5) is 4.39 Å². The largest absolute Gasteiger partial charge is 0.332 e. The molecule has 5 rings (SSSR count). The van der Waals surface area contributed by atoms with Crippen molar-refractivity contribution in [1.29, 1.82) is 0 Å². The number of hydrogen-bond donors (Lipinski definition) is 1. The van der Waals surface area contributed by atoms with E-state index in [-0.39, 0.29) is 23.4 Å². The molecular formula is C26H30FN7O4. The van der Waals surface area contributed by atoms with E-state index in [9.17, 15) is 18.8 Å². The van der Waals surface area contributed by atoms with Gasteiger partial charge in [0.25, 0.3) is 17.0 Å². The van der Waals surface area contributed by atoms with Crippen LogP contribution in [0.1, 0.15) is 69.7 Å². The van der Waals surface area contributed by atoms with Gasteiger partial charge in [-0.25, -0.2) is 14.2 Å². The van der Waals surface area contributed by atoms with E-state index in [4.69, 9.17) is 4.52 Å². The number of halogens is 1. The van der Waals surface area contributed by atoms with Crippen molar-refractivity contribution < 1.29 is 8.91 Å². The first kappa shape index (κ1) is 25.7. The predicted octanol–water partition coefficient (Wildman–Crippen LogP) is 3.33. The average molecular weight is 524 g/mol. The van der Waals surface area contributed by atoms with Crippen LogP contribution in [0.5, 0.6) is 0 Å². The molecule has 1 fully saturated rings. The van der Waals surface area contributed by atoms with Gasteiger partial charge in [0.1, 0.15) is 17.0 Å². The fourth-order valence-electron chi connectivity index (χ4n) is 5.05. The van der Waals surface area contributed by atoms with Crippen LogP contribution in [-0.4, -0.2) is 34.2 Å². The number of nitrogens with zero attached hydrogens (tertiary/aromatic N) is 6. The van der Waals surface area contributed by atoms with Crippen LogP contribution >= 0.6 is 0 Å². The van der Waals surface area contributed by atoms with Gasteiger partial charge in [-0.2, -0.15) is 4.98 Å². The molecule has 0 amide bonds. The Morgan fingerprint density at radius 3 is 2.66 bits per heavy atom. The Morgan fingerprint density at radius 2 is 1.92 bits per heavy atom. The van der Waals surface area contributed by atoms with Crippen LogP contribution in [0.15, 0.2) is 43.3 Å². The summed E-state index contributed by atoms with van der Waals surface area (Å²) in [6.07, 6.45) is 6.83. The number of unbranched alkanes of at least 4 members (excludes halogenated alkanes) is 1. The Kier molecular flexibility index (Phi) is 7.57. The van der Waals surface area contributed by atoms with Gasteiger partial charge in [-0.15, -0.1) is 0 Å². The van der Waals surface area contributed by atoms with Crippen LogP contribution in [0, 0.1) is 5.92 Å². The number of hydrogen-bond acceptors (Lipinski definition) is 8. The molecule has 0 spiro atoms. The zero-order chi connectivity index (χ0) is 26.6. The van der Waals surface area contributed by atoms with Crippen LogP contribution < -0.4 is 16.8 Å². The monoisotopic (exact) mass is 523 g/mol. The van der Waals surface area contributed by atoms with Gasteiger partial charge in [-0.3, -0.25) is 23.7 Å². The third kappa shape index (κ3) is 5.34. The summed E-state index contributed by atoms with van der Waals surface area (Å²) in [5.41, 5.74) is -1.61. The van der Waals surface area contributed by atoms with Gasteiger partial charge < -0.3 is 9.51 Å². The lowest BCUT2D eigenvalue weighted by Crippen LogP contribution is -2.43. The van der Waals surface area contributed by atoms with Gasteiger partial charge >= 0.3 is 5.69 Å². The zero-order valence-corrected chi connectivity index (χ0v) is 21.2. The van der Waals surface area contributed by atoms with E-state index >= 15 is 0 Å². The van der Waals surface area contributed by atoms with E-state index in [1.54, 1.807) is 18.3 Å². The lowest BCUT2D eigenvalue weighted by atomic mass is 10.0. The molecule has 38 heavy (non-hydrogen) atoms. The maximum Gasteiger partial charge on any atom is 0.331 e. The number of aromatic amines is 1. The van der Waals surface area contributed by atoms with E-state index in [0.717, 1.165) is 36.7 Å². The number of fused-ring (bicyclic) bond motifs is 1. The Balaban J connectivity index is 1.38. The molecule has 0 radical (unpaired) electrons. The molecule has 4 heterocycles. The quantitative estimate of drug-likeness (QED) is 0.312. The highest BCUT2D eigenvalue weighted by atomic mass is 19.1. The van der Waals surface area contributed by atoms with Crippen LogP contribution in [-0.2, 0) is 19.5 Å². The second kappa shape index (κ2) is 11.2. The topological polar surface area (TPSA) is 142 Å². The summed E-state index contributed by atoms with van der Waals surface area (Å²) >= 11 is 0. The number of nitrogens with one attached hydrogen (secondary N) is 1. The van der Waals surface area contributed by atoms with Crippen molar-refractivity contribution in [2.45, 2.75) is 77.6 Å². The molecule has 0 saturated heterocycles. The van der Waals surface area contributed by atoms with E-state index in [1.807, 2.05) is 6.07 Å². The highest BCUT2D eigenvalue weighted by Gasteiger charge is 2.22. The van der Waals surface area contributed by atoms with Crippen molar-refractivity contribution in [3.63, 3.8) is 0 Å². The molecular weight excluding hydrogens is 493 g/mol. The molecule has 12 heteroatoms. The van der Waals surface area contributed by atoms with Crippen molar-refractivity contribution in [3.8, 4) is 11.6 Å². The molecule has 11 nitrogen and oxygen atoms in total. The molecule has 0 aromatic carbocycles. The van der Waals surface area contributed by atoms with Crippen molar-refractivity contribution in [2.75, 3.05) is 0 Å².